The van der Waals surface area contributed by atoms with Gasteiger partial charge in [-0.25, -0.2) is 4.98 Å². The predicted octanol–water partition coefficient (Wildman–Crippen LogP) is 2.31. The summed E-state index contributed by atoms with van der Waals surface area (Å²) in [7, 11) is 0. The summed E-state index contributed by atoms with van der Waals surface area (Å²) in [5.41, 5.74) is 1.18. The number of thiazole rings is 1. The van der Waals surface area contributed by atoms with Crippen molar-refractivity contribution in [1.29, 1.82) is 0 Å². The van der Waals surface area contributed by atoms with Gasteiger partial charge in [0.2, 0.25) is 5.91 Å². The Hall–Kier alpha value is -1.92. The lowest BCUT2D eigenvalue weighted by Gasteiger charge is -2.35. The Balaban J connectivity index is 1.49. The topological polar surface area (TPSA) is 39.7 Å². The van der Waals surface area contributed by atoms with Gasteiger partial charge < -0.3 is 9.80 Å². The highest BCUT2D eigenvalue weighted by Crippen LogP contribution is 2.18. The van der Waals surface area contributed by atoms with Crippen LogP contribution in [-0.4, -0.2) is 60.0 Å². The minimum Gasteiger partial charge on any atom is -0.346 e. The van der Waals surface area contributed by atoms with Gasteiger partial charge in [0.1, 0.15) is 0 Å². The lowest BCUT2D eigenvalue weighted by atomic mass is 10.2. The Bertz CT molecular complexity index is 624. The highest BCUT2D eigenvalue weighted by atomic mass is 32.1. The third-order valence-corrected chi connectivity index (χ3v) is 5.20. The van der Waals surface area contributed by atoms with E-state index >= 15 is 0 Å². The van der Waals surface area contributed by atoms with Crippen LogP contribution in [0.15, 0.2) is 41.9 Å². The van der Waals surface area contributed by atoms with Crippen molar-refractivity contribution in [2.75, 3.05) is 44.2 Å². The lowest BCUT2D eigenvalue weighted by molar-refractivity contribution is -0.132. The van der Waals surface area contributed by atoms with Gasteiger partial charge in [-0.2, -0.15) is 0 Å². The van der Waals surface area contributed by atoms with Crippen LogP contribution >= 0.6 is 11.3 Å². The molecule has 1 fully saturated rings. The van der Waals surface area contributed by atoms with Crippen molar-refractivity contribution < 1.29 is 4.79 Å². The Morgan fingerprint density at radius 3 is 2.58 bits per heavy atom. The van der Waals surface area contributed by atoms with Crippen molar-refractivity contribution in [3.8, 4) is 0 Å². The van der Waals surface area contributed by atoms with Crippen LogP contribution in [-0.2, 0) is 11.3 Å². The number of anilines is 1. The van der Waals surface area contributed by atoms with Gasteiger partial charge in [0.05, 0.1) is 6.54 Å². The van der Waals surface area contributed by atoms with Crippen molar-refractivity contribution in [2.24, 2.45) is 0 Å². The van der Waals surface area contributed by atoms with Gasteiger partial charge >= 0.3 is 0 Å². The minimum absolute atomic E-state index is 0.212. The van der Waals surface area contributed by atoms with Crippen LogP contribution in [0.4, 0.5) is 5.13 Å². The third-order valence-electron chi connectivity index (χ3n) is 4.37. The van der Waals surface area contributed by atoms with Gasteiger partial charge in [-0.05, 0) is 12.5 Å². The average molecular weight is 344 g/mol. The molecule has 6 heteroatoms. The second kappa shape index (κ2) is 8.26. The zero-order valence-corrected chi connectivity index (χ0v) is 14.9. The van der Waals surface area contributed by atoms with Crippen LogP contribution in [0.2, 0.25) is 0 Å². The molecule has 0 aliphatic carbocycles. The van der Waals surface area contributed by atoms with E-state index in [2.05, 4.69) is 26.9 Å². The molecule has 5 nitrogen and oxygen atoms in total. The van der Waals surface area contributed by atoms with Crippen LogP contribution < -0.4 is 4.90 Å². The smallest absolute Gasteiger partial charge is 0.237 e. The molecule has 3 rings (SSSR count). The van der Waals surface area contributed by atoms with E-state index < -0.39 is 0 Å². The summed E-state index contributed by atoms with van der Waals surface area (Å²) >= 11 is 1.68. The monoisotopic (exact) mass is 344 g/mol. The van der Waals surface area contributed by atoms with Crippen molar-refractivity contribution in [2.45, 2.75) is 13.5 Å². The number of carbonyl (C=O) groups is 1. The number of amides is 1. The summed E-state index contributed by atoms with van der Waals surface area (Å²) in [5, 5.41) is 3.09. The number of carbonyl (C=O) groups excluding carboxylic acids is 1. The number of hydrogen-bond donors (Lipinski definition) is 0. The standard InChI is InChI=1S/C18H24N4OS/c1-2-21(14-16-6-4-3-5-7-16)17(23)15-20-9-11-22(12-10-20)18-19-8-13-24-18/h3-8,13H,2,9-12,14-15H2,1H3. The fourth-order valence-electron chi connectivity index (χ4n) is 2.94. The summed E-state index contributed by atoms with van der Waals surface area (Å²) in [5.74, 6) is 0.212. The maximum absolute atomic E-state index is 12.6. The second-order valence-electron chi connectivity index (χ2n) is 5.97. The molecule has 2 aromatic rings. The number of nitrogens with zero attached hydrogens (tertiary/aromatic N) is 4. The molecule has 0 spiro atoms. The lowest BCUT2D eigenvalue weighted by Crippen LogP contribution is -2.50. The fraction of sp³-hybridized carbons (Fsp3) is 0.444. The first-order valence-corrected chi connectivity index (χ1v) is 9.32. The van der Waals surface area contributed by atoms with Crippen molar-refractivity contribution in [3.05, 3.63) is 47.5 Å². The summed E-state index contributed by atoms with van der Waals surface area (Å²) in [4.78, 5) is 23.5. The van der Waals surface area contributed by atoms with Crippen molar-refractivity contribution >= 4 is 22.4 Å². The van der Waals surface area contributed by atoms with E-state index in [0.29, 0.717) is 13.1 Å². The Labute approximate surface area is 147 Å². The predicted molar refractivity (Wildman–Crippen MR) is 98.3 cm³/mol. The van der Waals surface area contributed by atoms with E-state index in [4.69, 9.17) is 0 Å². The largest absolute Gasteiger partial charge is 0.346 e. The quantitative estimate of drug-likeness (QED) is 0.806. The first kappa shape index (κ1) is 16.9. The molecule has 1 aromatic carbocycles. The van der Waals surface area contributed by atoms with Gasteiger partial charge in [-0.1, -0.05) is 30.3 Å². The summed E-state index contributed by atoms with van der Waals surface area (Å²) in [6, 6.07) is 10.2. The molecule has 128 valence electrons. The molecule has 1 aliphatic rings. The summed E-state index contributed by atoms with van der Waals surface area (Å²) < 4.78 is 0. The van der Waals surface area contributed by atoms with Gasteiger partial charge in [-0.15, -0.1) is 11.3 Å². The molecule has 0 bridgehead atoms. The summed E-state index contributed by atoms with van der Waals surface area (Å²) in [6.07, 6.45) is 1.85. The van der Waals surface area contributed by atoms with Crippen LogP contribution in [0.25, 0.3) is 0 Å². The van der Waals surface area contributed by atoms with Gasteiger partial charge in [-0.3, -0.25) is 9.69 Å². The third kappa shape index (κ3) is 4.33. The molecule has 1 amide bonds. The van der Waals surface area contributed by atoms with Crippen LogP contribution in [0.1, 0.15) is 12.5 Å². The van der Waals surface area contributed by atoms with Crippen molar-refractivity contribution in [1.82, 2.24) is 14.8 Å². The number of hydrogen-bond acceptors (Lipinski definition) is 5. The van der Waals surface area contributed by atoms with Gasteiger partial charge in [0.25, 0.3) is 0 Å². The van der Waals surface area contributed by atoms with E-state index in [9.17, 15) is 4.79 Å². The van der Waals surface area contributed by atoms with Crippen LogP contribution in [0.3, 0.4) is 0 Å². The highest BCUT2D eigenvalue weighted by Gasteiger charge is 2.22. The first-order valence-electron chi connectivity index (χ1n) is 8.44. The zero-order chi connectivity index (χ0) is 16.8. The van der Waals surface area contributed by atoms with Crippen LogP contribution in [0.5, 0.6) is 0 Å². The molecule has 24 heavy (non-hydrogen) atoms. The zero-order valence-electron chi connectivity index (χ0n) is 14.1. The highest BCUT2D eigenvalue weighted by molar-refractivity contribution is 7.13. The molecule has 0 radical (unpaired) electrons. The summed E-state index contributed by atoms with van der Waals surface area (Å²) in [6.45, 7) is 7.68. The Morgan fingerprint density at radius 1 is 1.21 bits per heavy atom. The number of piperazine rings is 1. The van der Waals surface area contributed by atoms with E-state index in [0.717, 1.165) is 37.9 Å². The molecular weight excluding hydrogens is 320 g/mol. The molecule has 0 atom stereocenters. The van der Waals surface area contributed by atoms with Gasteiger partial charge in [0, 0.05) is 50.8 Å². The minimum atomic E-state index is 0.212. The average Bonchev–Trinajstić information content (AvgIpc) is 3.16. The molecule has 0 saturated carbocycles. The Kier molecular flexibility index (Phi) is 5.82. The molecule has 1 aromatic heterocycles. The normalized spacial score (nSPS) is 15.5. The van der Waals surface area contributed by atoms with Crippen molar-refractivity contribution in [3.63, 3.8) is 0 Å². The van der Waals surface area contributed by atoms with E-state index in [1.165, 1.54) is 5.56 Å². The molecule has 0 unspecified atom stereocenters. The SMILES string of the molecule is CCN(Cc1ccccc1)C(=O)CN1CCN(c2nccs2)CC1. The molecule has 0 N–H and O–H groups in total. The maximum atomic E-state index is 12.6. The van der Waals surface area contributed by atoms with E-state index in [1.807, 2.05) is 41.6 Å². The number of aromatic nitrogens is 1. The van der Waals surface area contributed by atoms with Gasteiger partial charge in [0.15, 0.2) is 5.13 Å². The number of benzene rings is 1. The van der Waals surface area contributed by atoms with Crippen LogP contribution in [0, 0.1) is 0 Å². The second-order valence-corrected chi connectivity index (χ2v) is 6.84. The Morgan fingerprint density at radius 2 is 1.96 bits per heavy atom. The number of rotatable bonds is 6. The molecule has 1 aliphatic heterocycles. The maximum Gasteiger partial charge on any atom is 0.237 e. The fourth-order valence-corrected chi connectivity index (χ4v) is 3.64. The number of likely N-dealkylation sites (N-methyl/N-ethyl adjacent to an activating group) is 1. The van der Waals surface area contributed by atoms with E-state index in [1.54, 1.807) is 11.3 Å². The molecular formula is C18H24N4OS. The first-order chi connectivity index (χ1) is 11.8. The molecule has 2 heterocycles. The molecule has 1 saturated heterocycles. The van der Waals surface area contributed by atoms with E-state index in [-0.39, 0.29) is 5.91 Å².